The molecule has 2 atom stereocenters. The van der Waals surface area contributed by atoms with Crippen LogP contribution in [0.2, 0.25) is 0 Å². The van der Waals surface area contributed by atoms with Gasteiger partial charge < -0.3 is 5.32 Å². The Balaban J connectivity index is 2.66. The fourth-order valence-electron chi connectivity index (χ4n) is 4.84. The highest BCUT2D eigenvalue weighted by atomic mass is 15.0. The molecule has 2 unspecified atom stereocenters. The van der Waals surface area contributed by atoms with Crippen LogP contribution in [0, 0.1) is 0 Å². The summed E-state index contributed by atoms with van der Waals surface area (Å²) in [6.45, 7) is 14.3. The first kappa shape index (κ1) is 25.2. The van der Waals surface area contributed by atoms with Gasteiger partial charge in [0.05, 0.1) is 0 Å². The Morgan fingerprint density at radius 1 is 0.750 bits per heavy atom. The van der Waals surface area contributed by atoms with Crippen LogP contribution in [0.5, 0.6) is 0 Å². The van der Waals surface area contributed by atoms with E-state index in [1.807, 2.05) is 0 Å². The lowest BCUT2D eigenvalue weighted by Crippen LogP contribution is -2.54. The van der Waals surface area contributed by atoms with Crippen molar-refractivity contribution in [3.63, 3.8) is 0 Å². The van der Waals surface area contributed by atoms with Crippen LogP contribution in [0.4, 0.5) is 0 Å². The number of benzene rings is 1. The van der Waals surface area contributed by atoms with Gasteiger partial charge >= 0.3 is 0 Å². The highest BCUT2D eigenvalue weighted by Gasteiger charge is 2.31. The minimum Gasteiger partial charge on any atom is -0.307 e. The van der Waals surface area contributed by atoms with Gasteiger partial charge in [-0.15, -0.1) is 0 Å². The smallest absolute Gasteiger partial charge is 0.0158 e. The maximum atomic E-state index is 4.14. The Bertz CT molecular complexity index is 492. The molecule has 1 N–H and O–H groups in total. The molecule has 1 aromatic carbocycles. The van der Waals surface area contributed by atoms with Crippen LogP contribution >= 0.6 is 0 Å². The number of rotatable bonds is 16. The summed E-state index contributed by atoms with van der Waals surface area (Å²) in [6, 6.07) is 11.0. The third-order valence-electron chi connectivity index (χ3n) is 6.24. The lowest BCUT2D eigenvalue weighted by molar-refractivity contribution is 0.195. The first-order valence-corrected chi connectivity index (χ1v) is 12.2. The average Bonchev–Trinajstić information content (AvgIpc) is 2.65. The van der Waals surface area contributed by atoms with E-state index in [0.717, 1.165) is 0 Å². The van der Waals surface area contributed by atoms with Gasteiger partial charge in [0, 0.05) is 11.1 Å². The monoisotopic (exact) mass is 387 g/mol. The second-order valence-electron chi connectivity index (χ2n) is 10.1. The molecule has 0 aliphatic heterocycles. The summed E-state index contributed by atoms with van der Waals surface area (Å²) >= 11 is 0. The van der Waals surface area contributed by atoms with Crippen molar-refractivity contribution in [2.75, 3.05) is 0 Å². The summed E-state index contributed by atoms with van der Waals surface area (Å²) in [4.78, 5) is 0. The van der Waals surface area contributed by atoms with E-state index < -0.39 is 0 Å². The molecule has 0 aliphatic rings. The summed E-state index contributed by atoms with van der Waals surface area (Å²) in [5.41, 5.74) is 1.87. The highest BCUT2D eigenvalue weighted by Crippen LogP contribution is 2.31. The van der Waals surface area contributed by atoms with E-state index in [2.05, 4.69) is 77.2 Å². The Hall–Kier alpha value is -0.820. The third-order valence-corrected chi connectivity index (χ3v) is 6.24. The van der Waals surface area contributed by atoms with Crippen molar-refractivity contribution in [2.45, 2.75) is 136 Å². The fraction of sp³-hybridized carbons (Fsp3) is 0.778. The summed E-state index contributed by atoms with van der Waals surface area (Å²) < 4.78 is 0. The van der Waals surface area contributed by atoms with E-state index in [4.69, 9.17) is 0 Å². The largest absolute Gasteiger partial charge is 0.307 e. The van der Waals surface area contributed by atoms with Crippen molar-refractivity contribution >= 4 is 0 Å². The zero-order chi connectivity index (χ0) is 20.9. The zero-order valence-electron chi connectivity index (χ0n) is 19.9. The average molecular weight is 388 g/mol. The Morgan fingerprint density at radius 3 is 1.79 bits per heavy atom. The number of unbranched alkanes of at least 4 members (excludes halogenated alkanes) is 7. The molecule has 1 aromatic rings. The maximum absolute atomic E-state index is 4.14. The Morgan fingerprint density at radius 2 is 1.25 bits per heavy atom. The van der Waals surface area contributed by atoms with Gasteiger partial charge in [0.1, 0.15) is 0 Å². The highest BCUT2D eigenvalue weighted by molar-refractivity contribution is 5.19. The molecule has 0 saturated carbocycles. The topological polar surface area (TPSA) is 12.0 Å². The summed E-state index contributed by atoms with van der Waals surface area (Å²) in [6.07, 6.45) is 16.1. The van der Waals surface area contributed by atoms with E-state index in [-0.39, 0.29) is 11.1 Å². The van der Waals surface area contributed by atoms with Gasteiger partial charge in [-0.2, -0.15) is 0 Å². The molecule has 0 bridgehead atoms. The molecule has 0 spiro atoms. The van der Waals surface area contributed by atoms with Gasteiger partial charge in [0.15, 0.2) is 0 Å². The molecular weight excluding hydrogens is 338 g/mol. The van der Waals surface area contributed by atoms with Crippen LogP contribution in [-0.2, 0) is 0 Å². The van der Waals surface area contributed by atoms with E-state index in [9.17, 15) is 0 Å². The SMILES string of the molecule is CCCCCCCC(C)(CCCCCC)NC(C)(C)CC(C)c1ccccc1. The normalized spacial score (nSPS) is 15.4. The van der Waals surface area contributed by atoms with E-state index in [1.165, 1.54) is 82.6 Å². The zero-order valence-corrected chi connectivity index (χ0v) is 19.9. The minimum atomic E-state index is 0.151. The van der Waals surface area contributed by atoms with Crippen molar-refractivity contribution in [1.29, 1.82) is 0 Å². The first-order valence-electron chi connectivity index (χ1n) is 12.2. The van der Waals surface area contributed by atoms with Gasteiger partial charge in [-0.05, 0) is 51.5 Å². The summed E-state index contributed by atoms with van der Waals surface area (Å²) in [5.74, 6) is 0.581. The number of hydrogen-bond donors (Lipinski definition) is 1. The molecule has 1 heteroatoms. The lowest BCUT2D eigenvalue weighted by atomic mass is 9.81. The molecule has 0 saturated heterocycles. The van der Waals surface area contributed by atoms with Crippen LogP contribution in [-0.4, -0.2) is 11.1 Å². The van der Waals surface area contributed by atoms with E-state index in [0.29, 0.717) is 5.92 Å². The molecule has 0 heterocycles. The van der Waals surface area contributed by atoms with Crippen molar-refractivity contribution in [2.24, 2.45) is 0 Å². The molecule has 0 radical (unpaired) electrons. The van der Waals surface area contributed by atoms with Crippen LogP contribution in [0.1, 0.15) is 130 Å². The van der Waals surface area contributed by atoms with E-state index >= 15 is 0 Å². The van der Waals surface area contributed by atoms with Crippen molar-refractivity contribution in [1.82, 2.24) is 5.32 Å². The van der Waals surface area contributed by atoms with Gasteiger partial charge in [0.2, 0.25) is 0 Å². The lowest BCUT2D eigenvalue weighted by Gasteiger charge is -2.41. The summed E-state index contributed by atoms with van der Waals surface area (Å²) in [7, 11) is 0. The first-order chi connectivity index (χ1) is 13.3. The Labute approximate surface area is 177 Å². The third kappa shape index (κ3) is 10.6. The van der Waals surface area contributed by atoms with Crippen LogP contribution in [0.15, 0.2) is 30.3 Å². The molecular formula is C27H49N. The van der Waals surface area contributed by atoms with Crippen molar-refractivity contribution in [3.05, 3.63) is 35.9 Å². The molecule has 1 rings (SSSR count). The maximum Gasteiger partial charge on any atom is 0.0158 e. The van der Waals surface area contributed by atoms with Crippen molar-refractivity contribution in [3.8, 4) is 0 Å². The van der Waals surface area contributed by atoms with Gasteiger partial charge in [-0.1, -0.05) is 109 Å². The fourth-order valence-corrected chi connectivity index (χ4v) is 4.84. The summed E-state index contributed by atoms with van der Waals surface area (Å²) in [5, 5.41) is 4.14. The quantitative estimate of drug-likeness (QED) is 0.280. The van der Waals surface area contributed by atoms with Crippen LogP contribution in [0.25, 0.3) is 0 Å². The van der Waals surface area contributed by atoms with Gasteiger partial charge in [-0.25, -0.2) is 0 Å². The molecule has 0 amide bonds. The van der Waals surface area contributed by atoms with Gasteiger partial charge in [0.25, 0.3) is 0 Å². The standard InChI is InChI=1S/C27H49N/c1-7-9-11-13-18-22-27(6,21-17-12-10-8-2)28-26(4,5)23-24(3)25-19-15-14-16-20-25/h14-16,19-20,24,28H,7-13,17-18,21-23H2,1-6H3. The molecule has 1 nitrogen and oxygen atoms in total. The number of nitrogens with one attached hydrogen (secondary N) is 1. The second-order valence-corrected chi connectivity index (χ2v) is 10.1. The molecule has 0 fully saturated rings. The molecule has 28 heavy (non-hydrogen) atoms. The van der Waals surface area contributed by atoms with E-state index in [1.54, 1.807) is 0 Å². The van der Waals surface area contributed by atoms with Crippen molar-refractivity contribution < 1.29 is 0 Å². The molecule has 0 aromatic heterocycles. The predicted octanol–water partition coefficient (Wildman–Crippen LogP) is 8.64. The minimum absolute atomic E-state index is 0.151. The van der Waals surface area contributed by atoms with Gasteiger partial charge in [-0.3, -0.25) is 0 Å². The predicted molar refractivity (Wildman–Crippen MR) is 127 cm³/mol. The molecule has 0 aliphatic carbocycles. The van der Waals surface area contributed by atoms with Crippen LogP contribution < -0.4 is 5.32 Å². The second kappa shape index (κ2) is 13.4. The number of hydrogen-bond acceptors (Lipinski definition) is 1. The Kier molecular flexibility index (Phi) is 12.1. The molecule has 162 valence electrons. The van der Waals surface area contributed by atoms with Crippen LogP contribution in [0.3, 0.4) is 0 Å².